The highest BCUT2D eigenvalue weighted by Gasteiger charge is 2.21. The molecule has 0 aliphatic rings. The molecule has 1 heterocycles. The zero-order chi connectivity index (χ0) is 15.2. The van der Waals surface area contributed by atoms with Gasteiger partial charge in [0.2, 0.25) is 5.95 Å². The second kappa shape index (κ2) is 6.37. The molecule has 0 fully saturated rings. The number of anilines is 2. The number of benzene rings is 1. The number of aromatic nitrogens is 3. The Kier molecular flexibility index (Phi) is 4.34. The van der Waals surface area contributed by atoms with Gasteiger partial charge in [0, 0.05) is 12.6 Å². The molecule has 0 radical (unpaired) electrons. The second-order valence-electron chi connectivity index (χ2n) is 3.91. The Hall–Kier alpha value is -3.10. The van der Waals surface area contributed by atoms with Crippen molar-refractivity contribution in [2.75, 3.05) is 17.2 Å². The summed E-state index contributed by atoms with van der Waals surface area (Å²) in [6.07, 6.45) is 2.74. The lowest BCUT2D eigenvalue weighted by Crippen LogP contribution is -2.17. The van der Waals surface area contributed by atoms with E-state index in [4.69, 9.17) is 0 Å². The molecule has 108 valence electrons. The Morgan fingerprint density at radius 3 is 2.81 bits per heavy atom. The molecule has 0 unspecified atom stereocenters. The highest BCUT2D eigenvalue weighted by molar-refractivity contribution is 6.08. The van der Waals surface area contributed by atoms with Crippen molar-refractivity contribution >= 4 is 23.2 Å². The third-order valence-electron chi connectivity index (χ3n) is 2.55. The van der Waals surface area contributed by atoms with Crippen LogP contribution >= 0.6 is 0 Å². The van der Waals surface area contributed by atoms with Crippen LogP contribution in [0.4, 0.5) is 17.3 Å². The van der Waals surface area contributed by atoms with Crippen LogP contribution < -0.4 is 10.6 Å². The number of hydrogen-bond acceptors (Lipinski definition) is 7. The van der Waals surface area contributed by atoms with Crippen LogP contribution in [0.25, 0.3) is 0 Å². The second-order valence-corrected chi connectivity index (χ2v) is 3.91. The van der Waals surface area contributed by atoms with Crippen LogP contribution in [0.5, 0.6) is 0 Å². The van der Waals surface area contributed by atoms with Gasteiger partial charge in [0.15, 0.2) is 0 Å². The molecular weight excluding hydrogens is 276 g/mol. The molecule has 21 heavy (non-hydrogen) atoms. The molecule has 0 bridgehead atoms. The Morgan fingerprint density at radius 1 is 1.38 bits per heavy atom. The molecule has 0 saturated carbocycles. The molecule has 0 aliphatic carbocycles. The minimum Gasteiger partial charge on any atom is -0.379 e. The maximum absolute atomic E-state index is 12.2. The fraction of sp³-hybridized carbons (Fsp3) is 0.167. The van der Waals surface area contributed by atoms with E-state index in [0.717, 1.165) is 0 Å². The summed E-state index contributed by atoms with van der Waals surface area (Å²) < 4.78 is 0. The summed E-state index contributed by atoms with van der Waals surface area (Å²) in [4.78, 5) is 26.5. The van der Waals surface area contributed by atoms with E-state index in [9.17, 15) is 14.9 Å². The molecule has 0 spiro atoms. The topological polar surface area (TPSA) is 123 Å². The van der Waals surface area contributed by atoms with E-state index in [2.05, 4.69) is 25.8 Å². The fourth-order valence-corrected chi connectivity index (χ4v) is 1.72. The predicted octanol–water partition coefficient (Wildman–Crippen LogP) is 1.46. The lowest BCUT2D eigenvalue weighted by atomic mass is 10.1. The van der Waals surface area contributed by atoms with Crippen LogP contribution in [0, 0.1) is 10.1 Å². The largest absolute Gasteiger partial charge is 0.379 e. The van der Waals surface area contributed by atoms with E-state index in [1.165, 1.54) is 30.6 Å². The van der Waals surface area contributed by atoms with Gasteiger partial charge in [0.1, 0.15) is 5.69 Å². The fourth-order valence-electron chi connectivity index (χ4n) is 1.72. The Labute approximate surface area is 119 Å². The molecule has 2 aromatic rings. The maximum Gasteiger partial charge on any atom is 0.293 e. The normalized spacial score (nSPS) is 9.95. The molecule has 9 nitrogen and oxygen atoms in total. The maximum atomic E-state index is 12.2. The molecule has 0 aliphatic heterocycles. The summed E-state index contributed by atoms with van der Waals surface area (Å²) >= 11 is 0. The van der Waals surface area contributed by atoms with Gasteiger partial charge in [-0.15, -0.1) is 5.10 Å². The van der Waals surface area contributed by atoms with E-state index in [-0.39, 0.29) is 22.9 Å². The van der Waals surface area contributed by atoms with Crippen LogP contribution in [-0.4, -0.2) is 32.6 Å². The highest BCUT2D eigenvalue weighted by atomic mass is 16.6. The number of para-hydroxylation sites is 1. The van der Waals surface area contributed by atoms with Gasteiger partial charge in [0.25, 0.3) is 11.6 Å². The first-order valence-corrected chi connectivity index (χ1v) is 6.09. The van der Waals surface area contributed by atoms with Crippen LogP contribution in [0.15, 0.2) is 30.6 Å². The zero-order valence-electron chi connectivity index (χ0n) is 11.1. The van der Waals surface area contributed by atoms with E-state index >= 15 is 0 Å². The minimum absolute atomic E-state index is 0.0245. The number of amides is 1. The lowest BCUT2D eigenvalue weighted by molar-refractivity contribution is -0.384. The van der Waals surface area contributed by atoms with Crippen molar-refractivity contribution in [3.8, 4) is 0 Å². The van der Waals surface area contributed by atoms with Gasteiger partial charge in [-0.05, 0) is 13.0 Å². The van der Waals surface area contributed by atoms with Crippen molar-refractivity contribution in [3.05, 3.63) is 46.3 Å². The van der Waals surface area contributed by atoms with E-state index in [1.807, 2.05) is 0 Å². The number of nitrogens with one attached hydrogen (secondary N) is 2. The molecule has 0 saturated heterocycles. The van der Waals surface area contributed by atoms with Gasteiger partial charge < -0.3 is 5.32 Å². The number of nitrogens with zero attached hydrogens (tertiary/aromatic N) is 4. The predicted molar refractivity (Wildman–Crippen MR) is 75.0 cm³/mol. The quantitative estimate of drug-likeness (QED) is 0.630. The summed E-state index contributed by atoms with van der Waals surface area (Å²) in [5.41, 5.74) is 0.126. The SMILES string of the molecule is CCNc1c(C(=O)Nc2nccnn2)cccc1[N+](=O)[O-]. The molecule has 0 atom stereocenters. The minimum atomic E-state index is -0.553. The Bertz CT molecular complexity index is 661. The molecule has 1 amide bonds. The number of carbonyl (C=O) groups excluding carboxylic acids is 1. The lowest BCUT2D eigenvalue weighted by Gasteiger charge is -2.10. The van der Waals surface area contributed by atoms with Crippen LogP contribution in [-0.2, 0) is 0 Å². The number of carbonyl (C=O) groups is 1. The van der Waals surface area contributed by atoms with Crippen LogP contribution in [0.1, 0.15) is 17.3 Å². The van der Waals surface area contributed by atoms with Gasteiger partial charge in [-0.25, -0.2) is 4.98 Å². The van der Waals surface area contributed by atoms with Gasteiger partial charge in [-0.2, -0.15) is 5.10 Å². The standard InChI is InChI=1S/C12H12N6O3/c1-2-13-10-8(4-3-5-9(10)18(20)21)11(19)16-12-14-6-7-15-17-12/h3-7,13H,2H2,1H3,(H,14,16,17,19). The smallest absolute Gasteiger partial charge is 0.293 e. The Morgan fingerprint density at radius 2 is 2.19 bits per heavy atom. The Balaban J connectivity index is 2.36. The van der Waals surface area contributed by atoms with Crippen molar-refractivity contribution in [3.63, 3.8) is 0 Å². The van der Waals surface area contributed by atoms with Crippen LogP contribution in [0.3, 0.4) is 0 Å². The first-order chi connectivity index (χ1) is 10.1. The number of hydrogen-bond donors (Lipinski definition) is 2. The number of nitro groups is 1. The first-order valence-electron chi connectivity index (χ1n) is 6.09. The number of nitro benzene ring substituents is 1. The van der Waals surface area contributed by atoms with Crippen molar-refractivity contribution < 1.29 is 9.72 Å². The molecular formula is C12H12N6O3. The van der Waals surface area contributed by atoms with E-state index in [1.54, 1.807) is 6.92 Å². The van der Waals surface area contributed by atoms with Crippen molar-refractivity contribution in [1.29, 1.82) is 0 Å². The molecule has 1 aromatic heterocycles. The molecule has 2 N–H and O–H groups in total. The summed E-state index contributed by atoms with van der Waals surface area (Å²) in [5.74, 6) is -0.529. The van der Waals surface area contributed by atoms with E-state index in [0.29, 0.717) is 6.54 Å². The summed E-state index contributed by atoms with van der Waals surface area (Å²) in [5, 5.41) is 23.5. The third-order valence-corrected chi connectivity index (χ3v) is 2.55. The number of rotatable bonds is 5. The van der Waals surface area contributed by atoms with Gasteiger partial charge in [-0.3, -0.25) is 20.2 Å². The molecule has 2 rings (SSSR count). The molecule has 9 heteroatoms. The van der Waals surface area contributed by atoms with Crippen LogP contribution in [0.2, 0.25) is 0 Å². The average Bonchev–Trinajstić information content (AvgIpc) is 2.48. The van der Waals surface area contributed by atoms with E-state index < -0.39 is 10.8 Å². The zero-order valence-corrected chi connectivity index (χ0v) is 11.1. The van der Waals surface area contributed by atoms with Gasteiger partial charge in [0.05, 0.1) is 22.9 Å². The highest BCUT2D eigenvalue weighted by Crippen LogP contribution is 2.28. The van der Waals surface area contributed by atoms with Crippen molar-refractivity contribution in [2.24, 2.45) is 0 Å². The summed E-state index contributed by atoms with van der Waals surface area (Å²) in [6.45, 7) is 2.22. The van der Waals surface area contributed by atoms with Crippen molar-refractivity contribution in [2.45, 2.75) is 6.92 Å². The molecule has 1 aromatic carbocycles. The van der Waals surface area contributed by atoms with Gasteiger partial charge >= 0.3 is 0 Å². The van der Waals surface area contributed by atoms with Gasteiger partial charge in [-0.1, -0.05) is 6.07 Å². The summed E-state index contributed by atoms with van der Waals surface area (Å²) in [6, 6.07) is 4.25. The monoisotopic (exact) mass is 288 g/mol. The average molecular weight is 288 g/mol. The summed E-state index contributed by atoms with van der Waals surface area (Å²) in [7, 11) is 0. The third kappa shape index (κ3) is 3.26. The first kappa shape index (κ1) is 14.3. The van der Waals surface area contributed by atoms with Crippen molar-refractivity contribution in [1.82, 2.24) is 15.2 Å².